The molecule has 0 saturated carbocycles. The molecule has 5 heteroatoms. The van der Waals surface area contributed by atoms with Crippen LogP contribution in [-0.4, -0.2) is 15.9 Å². The van der Waals surface area contributed by atoms with Crippen molar-refractivity contribution in [3.63, 3.8) is 0 Å². The van der Waals surface area contributed by atoms with Gasteiger partial charge >= 0.3 is 0 Å². The van der Waals surface area contributed by atoms with Crippen LogP contribution in [0, 0.1) is 6.92 Å². The van der Waals surface area contributed by atoms with Crippen molar-refractivity contribution in [3.8, 4) is 0 Å². The molecule has 17 heavy (non-hydrogen) atoms. The van der Waals surface area contributed by atoms with Crippen LogP contribution in [0.4, 0.5) is 5.82 Å². The molecule has 2 aromatic rings. The fourth-order valence-electron chi connectivity index (χ4n) is 1.27. The molecule has 0 aliphatic heterocycles. The minimum atomic E-state index is -0.320. The topological polar surface area (TPSA) is 54.9 Å². The standard InChI is InChI=1S/C12H10ClN3O/c1-8-2-3-11(15-6-8)16-12(17)9-7-14-5-4-10(9)13/h2-7H,1H3,(H,15,16,17). The Kier molecular flexibility index (Phi) is 3.35. The number of carbonyl (C=O) groups excluding carboxylic acids is 1. The fraction of sp³-hybridized carbons (Fsp3) is 0.0833. The highest BCUT2D eigenvalue weighted by Gasteiger charge is 2.10. The molecule has 0 spiro atoms. The first-order valence-corrected chi connectivity index (χ1v) is 5.38. The zero-order valence-corrected chi connectivity index (χ0v) is 9.90. The molecule has 2 rings (SSSR count). The summed E-state index contributed by atoms with van der Waals surface area (Å²) < 4.78 is 0. The number of halogens is 1. The second-order valence-corrected chi connectivity index (χ2v) is 3.94. The monoisotopic (exact) mass is 247 g/mol. The lowest BCUT2D eigenvalue weighted by Crippen LogP contribution is -2.13. The maximum absolute atomic E-state index is 11.8. The van der Waals surface area contributed by atoms with Crippen molar-refractivity contribution in [2.24, 2.45) is 0 Å². The van der Waals surface area contributed by atoms with Gasteiger partial charge in [0.05, 0.1) is 10.6 Å². The number of pyridine rings is 2. The summed E-state index contributed by atoms with van der Waals surface area (Å²) in [6.07, 6.45) is 4.63. The van der Waals surface area contributed by atoms with Gasteiger partial charge in [0, 0.05) is 18.6 Å². The number of aryl methyl sites for hydroxylation is 1. The number of nitrogens with zero attached hydrogens (tertiary/aromatic N) is 2. The quantitative estimate of drug-likeness (QED) is 0.888. The lowest BCUT2D eigenvalue weighted by Gasteiger charge is -2.05. The van der Waals surface area contributed by atoms with E-state index in [1.807, 2.05) is 13.0 Å². The maximum atomic E-state index is 11.8. The van der Waals surface area contributed by atoms with Gasteiger partial charge in [0.25, 0.3) is 5.91 Å². The Balaban J connectivity index is 2.17. The van der Waals surface area contributed by atoms with Crippen LogP contribution in [0.15, 0.2) is 36.8 Å². The van der Waals surface area contributed by atoms with Crippen molar-refractivity contribution in [1.82, 2.24) is 9.97 Å². The molecule has 2 heterocycles. The van der Waals surface area contributed by atoms with E-state index in [1.165, 1.54) is 12.4 Å². The summed E-state index contributed by atoms with van der Waals surface area (Å²) in [5.41, 5.74) is 1.36. The largest absolute Gasteiger partial charge is 0.306 e. The van der Waals surface area contributed by atoms with E-state index >= 15 is 0 Å². The molecule has 0 aliphatic carbocycles. The van der Waals surface area contributed by atoms with Crippen LogP contribution < -0.4 is 5.32 Å². The Labute approximate surface area is 104 Å². The highest BCUT2D eigenvalue weighted by atomic mass is 35.5. The SMILES string of the molecule is Cc1ccc(NC(=O)c2cnccc2Cl)nc1. The molecule has 2 aromatic heterocycles. The Hall–Kier alpha value is -1.94. The molecule has 1 N–H and O–H groups in total. The van der Waals surface area contributed by atoms with Crippen molar-refractivity contribution in [2.45, 2.75) is 6.92 Å². The number of carbonyl (C=O) groups is 1. The van der Waals surface area contributed by atoms with Gasteiger partial charge in [-0.05, 0) is 24.6 Å². The van der Waals surface area contributed by atoms with Gasteiger partial charge in [-0.1, -0.05) is 17.7 Å². The average molecular weight is 248 g/mol. The number of amides is 1. The van der Waals surface area contributed by atoms with Crippen molar-refractivity contribution < 1.29 is 4.79 Å². The molecule has 4 nitrogen and oxygen atoms in total. The molecular weight excluding hydrogens is 238 g/mol. The summed E-state index contributed by atoms with van der Waals surface area (Å²) in [4.78, 5) is 19.8. The lowest BCUT2D eigenvalue weighted by molar-refractivity contribution is 0.102. The number of hydrogen-bond donors (Lipinski definition) is 1. The number of anilines is 1. The molecule has 0 bridgehead atoms. The first-order valence-electron chi connectivity index (χ1n) is 5.00. The van der Waals surface area contributed by atoms with E-state index in [2.05, 4.69) is 15.3 Å². The third-order valence-electron chi connectivity index (χ3n) is 2.17. The summed E-state index contributed by atoms with van der Waals surface area (Å²) in [5, 5.41) is 3.02. The third kappa shape index (κ3) is 2.79. The minimum absolute atomic E-state index is 0.320. The number of aromatic nitrogens is 2. The Bertz CT molecular complexity index is 540. The van der Waals surface area contributed by atoms with Crippen molar-refractivity contribution in [2.75, 3.05) is 5.32 Å². The minimum Gasteiger partial charge on any atom is -0.306 e. The van der Waals surface area contributed by atoms with Crippen molar-refractivity contribution >= 4 is 23.3 Å². The Morgan fingerprint density at radius 1 is 1.29 bits per heavy atom. The normalized spacial score (nSPS) is 10.0. The predicted molar refractivity (Wildman–Crippen MR) is 66.2 cm³/mol. The van der Waals surface area contributed by atoms with Crippen LogP contribution in [-0.2, 0) is 0 Å². The van der Waals surface area contributed by atoms with Gasteiger partial charge in [0.15, 0.2) is 0 Å². The lowest BCUT2D eigenvalue weighted by atomic mass is 10.2. The molecule has 0 unspecified atom stereocenters. The predicted octanol–water partition coefficient (Wildman–Crippen LogP) is 2.69. The molecular formula is C12H10ClN3O. The number of rotatable bonds is 2. The average Bonchev–Trinajstić information content (AvgIpc) is 2.32. The van der Waals surface area contributed by atoms with E-state index in [-0.39, 0.29) is 5.91 Å². The molecule has 0 aliphatic rings. The van der Waals surface area contributed by atoms with Crippen LogP contribution in [0.25, 0.3) is 0 Å². The number of nitrogens with one attached hydrogen (secondary N) is 1. The summed E-state index contributed by atoms with van der Waals surface area (Å²) in [7, 11) is 0. The second kappa shape index (κ2) is 4.93. The molecule has 0 saturated heterocycles. The van der Waals surface area contributed by atoms with Gasteiger partial charge in [-0.2, -0.15) is 0 Å². The van der Waals surface area contributed by atoms with E-state index in [0.29, 0.717) is 16.4 Å². The van der Waals surface area contributed by atoms with Gasteiger partial charge < -0.3 is 5.32 Å². The summed E-state index contributed by atoms with van der Waals surface area (Å²) in [6, 6.07) is 5.17. The molecule has 0 fully saturated rings. The summed E-state index contributed by atoms with van der Waals surface area (Å²) in [6.45, 7) is 1.93. The van der Waals surface area contributed by atoms with Gasteiger partial charge in [-0.3, -0.25) is 9.78 Å². The fourth-order valence-corrected chi connectivity index (χ4v) is 1.46. The summed E-state index contributed by atoms with van der Waals surface area (Å²) in [5.74, 6) is 0.167. The smallest absolute Gasteiger partial charge is 0.259 e. The maximum Gasteiger partial charge on any atom is 0.259 e. The van der Waals surface area contributed by atoms with Gasteiger partial charge in [-0.15, -0.1) is 0 Å². The molecule has 0 atom stereocenters. The first-order chi connectivity index (χ1) is 8.16. The van der Waals surface area contributed by atoms with Crippen LogP contribution in [0.2, 0.25) is 5.02 Å². The van der Waals surface area contributed by atoms with Crippen molar-refractivity contribution in [3.05, 3.63) is 52.9 Å². The number of hydrogen-bond acceptors (Lipinski definition) is 3. The van der Waals surface area contributed by atoms with Gasteiger partial charge in [-0.25, -0.2) is 4.98 Å². The van der Waals surface area contributed by atoms with E-state index in [9.17, 15) is 4.79 Å². The summed E-state index contributed by atoms with van der Waals surface area (Å²) >= 11 is 5.89. The zero-order chi connectivity index (χ0) is 12.3. The highest BCUT2D eigenvalue weighted by Crippen LogP contribution is 2.15. The van der Waals surface area contributed by atoms with E-state index in [4.69, 9.17) is 11.6 Å². The molecule has 1 amide bonds. The van der Waals surface area contributed by atoms with Crippen LogP contribution in [0.5, 0.6) is 0 Å². The Morgan fingerprint density at radius 2 is 2.12 bits per heavy atom. The highest BCUT2D eigenvalue weighted by molar-refractivity contribution is 6.34. The zero-order valence-electron chi connectivity index (χ0n) is 9.14. The molecule has 0 radical (unpaired) electrons. The van der Waals surface area contributed by atoms with Gasteiger partial charge in [0.2, 0.25) is 0 Å². The van der Waals surface area contributed by atoms with Crippen molar-refractivity contribution in [1.29, 1.82) is 0 Å². The second-order valence-electron chi connectivity index (χ2n) is 3.53. The van der Waals surface area contributed by atoms with E-state index < -0.39 is 0 Å². The van der Waals surface area contributed by atoms with Crippen LogP contribution in [0.3, 0.4) is 0 Å². The Morgan fingerprint density at radius 3 is 2.76 bits per heavy atom. The van der Waals surface area contributed by atoms with Crippen LogP contribution in [0.1, 0.15) is 15.9 Å². The first kappa shape index (κ1) is 11.5. The van der Waals surface area contributed by atoms with E-state index in [0.717, 1.165) is 5.56 Å². The molecule has 0 aromatic carbocycles. The van der Waals surface area contributed by atoms with Crippen LogP contribution >= 0.6 is 11.6 Å². The van der Waals surface area contributed by atoms with Gasteiger partial charge in [0.1, 0.15) is 5.82 Å². The van der Waals surface area contributed by atoms with E-state index in [1.54, 1.807) is 18.3 Å². The molecule has 86 valence electrons. The third-order valence-corrected chi connectivity index (χ3v) is 2.50.